The molecule has 2 N–H and O–H groups in total. The first-order valence-electron chi connectivity index (χ1n) is 5.79. The number of hydrogen-bond acceptors (Lipinski definition) is 2. The third-order valence-corrected chi connectivity index (χ3v) is 2.61. The normalized spacial score (nSPS) is 12.4. The lowest BCUT2D eigenvalue weighted by Crippen LogP contribution is -2.34. The number of carbonyl (C=O) groups is 1. The van der Waals surface area contributed by atoms with Crippen molar-refractivity contribution in [3.05, 3.63) is 25.3 Å². The molecule has 0 fully saturated rings. The number of hydrogen-bond donors (Lipinski definition) is 2. The van der Waals surface area contributed by atoms with E-state index in [-0.39, 0.29) is 0 Å². The van der Waals surface area contributed by atoms with Gasteiger partial charge in [0, 0.05) is 0 Å². The quantitative estimate of drug-likeness (QED) is 0.444. The van der Waals surface area contributed by atoms with E-state index in [9.17, 15) is 4.79 Å². The zero-order chi connectivity index (χ0) is 12.4. The molecule has 1 unspecified atom stereocenters. The molecule has 0 spiro atoms. The lowest BCUT2D eigenvalue weighted by atomic mass is 9.96. The Bertz CT molecular complexity index is 216. The third-order valence-electron chi connectivity index (χ3n) is 2.61. The van der Waals surface area contributed by atoms with Crippen LogP contribution < -0.4 is 5.32 Å². The first kappa shape index (κ1) is 14.9. The van der Waals surface area contributed by atoms with Crippen molar-refractivity contribution >= 4 is 5.97 Å². The molecule has 0 rings (SSSR count). The van der Waals surface area contributed by atoms with Gasteiger partial charge in [-0.25, -0.2) is 0 Å². The summed E-state index contributed by atoms with van der Waals surface area (Å²) in [6, 6.07) is -0.461. The van der Waals surface area contributed by atoms with Gasteiger partial charge in [0.1, 0.15) is 6.04 Å². The van der Waals surface area contributed by atoms with Gasteiger partial charge in [-0.1, -0.05) is 12.2 Å². The first-order chi connectivity index (χ1) is 7.61. The van der Waals surface area contributed by atoms with Crippen LogP contribution in [0.4, 0.5) is 0 Å². The summed E-state index contributed by atoms with van der Waals surface area (Å²) in [5.74, 6) is -0.203. The van der Waals surface area contributed by atoms with Crippen molar-refractivity contribution in [2.24, 2.45) is 5.92 Å². The summed E-state index contributed by atoms with van der Waals surface area (Å²) in [5, 5.41) is 11.6. The molecule has 0 saturated carbocycles. The number of allylic oxidation sites excluding steroid dienone is 2. The zero-order valence-electron chi connectivity index (χ0n) is 10.1. The fourth-order valence-electron chi connectivity index (χ4n) is 1.60. The minimum atomic E-state index is -0.797. The summed E-state index contributed by atoms with van der Waals surface area (Å²) >= 11 is 0. The van der Waals surface area contributed by atoms with Crippen LogP contribution in [-0.2, 0) is 4.79 Å². The van der Waals surface area contributed by atoms with Crippen molar-refractivity contribution in [1.29, 1.82) is 0 Å². The first-order valence-corrected chi connectivity index (χ1v) is 5.79. The van der Waals surface area contributed by atoms with Gasteiger partial charge >= 0.3 is 5.97 Å². The van der Waals surface area contributed by atoms with E-state index in [2.05, 4.69) is 18.5 Å². The molecule has 0 aliphatic heterocycles. The average Bonchev–Trinajstić information content (AvgIpc) is 2.24. The number of carboxylic acid groups (broad SMARTS) is 1. The van der Waals surface area contributed by atoms with E-state index in [0.717, 1.165) is 32.2 Å². The minimum absolute atomic E-state index is 0.461. The lowest BCUT2D eigenvalue weighted by Gasteiger charge is -2.14. The Balaban J connectivity index is 3.64. The van der Waals surface area contributed by atoms with E-state index in [1.54, 1.807) is 6.92 Å². The summed E-state index contributed by atoms with van der Waals surface area (Å²) in [7, 11) is 0. The van der Waals surface area contributed by atoms with Gasteiger partial charge in [0.05, 0.1) is 0 Å². The molecular formula is C13H23NO2. The monoisotopic (exact) mass is 225 g/mol. The van der Waals surface area contributed by atoms with E-state index >= 15 is 0 Å². The standard InChI is InChI=1S/C13H23NO2/c1-4-7-12(8-5-2)9-6-10-14-11(3)13(15)16/h4-5,11-12,14H,1-2,6-10H2,3H3,(H,15,16). The van der Waals surface area contributed by atoms with Crippen molar-refractivity contribution in [3.63, 3.8) is 0 Å². The Labute approximate surface area is 98.2 Å². The zero-order valence-corrected chi connectivity index (χ0v) is 10.1. The summed E-state index contributed by atoms with van der Waals surface area (Å²) in [5.41, 5.74) is 0. The van der Waals surface area contributed by atoms with Gasteiger partial charge in [-0.05, 0) is 45.1 Å². The van der Waals surface area contributed by atoms with Gasteiger partial charge in [-0.15, -0.1) is 13.2 Å². The highest BCUT2D eigenvalue weighted by Crippen LogP contribution is 2.16. The van der Waals surface area contributed by atoms with Gasteiger partial charge < -0.3 is 10.4 Å². The van der Waals surface area contributed by atoms with Crippen molar-refractivity contribution in [1.82, 2.24) is 5.32 Å². The molecule has 0 aromatic rings. The van der Waals surface area contributed by atoms with Crippen LogP contribution in [0.5, 0.6) is 0 Å². The number of rotatable bonds is 10. The van der Waals surface area contributed by atoms with Gasteiger partial charge in [0.15, 0.2) is 0 Å². The van der Waals surface area contributed by atoms with Crippen molar-refractivity contribution in [2.45, 2.75) is 38.6 Å². The van der Waals surface area contributed by atoms with E-state index in [0.29, 0.717) is 5.92 Å². The maximum absolute atomic E-state index is 10.5. The molecule has 0 aliphatic rings. The maximum atomic E-state index is 10.5. The molecule has 0 bridgehead atoms. The molecule has 3 heteroatoms. The second-order valence-electron chi connectivity index (χ2n) is 4.07. The SMILES string of the molecule is C=CCC(CC=C)CCCNC(C)C(=O)O. The van der Waals surface area contributed by atoms with Crippen molar-refractivity contribution in [2.75, 3.05) is 6.54 Å². The predicted octanol–water partition coefficient (Wildman–Crippen LogP) is 2.60. The topological polar surface area (TPSA) is 49.3 Å². The van der Waals surface area contributed by atoms with Gasteiger partial charge in [0.2, 0.25) is 0 Å². The van der Waals surface area contributed by atoms with Crippen LogP contribution in [0.2, 0.25) is 0 Å². The lowest BCUT2D eigenvalue weighted by molar-refractivity contribution is -0.138. The molecular weight excluding hydrogens is 202 g/mol. The minimum Gasteiger partial charge on any atom is -0.480 e. The highest BCUT2D eigenvalue weighted by Gasteiger charge is 2.09. The molecule has 0 aliphatic carbocycles. The fraction of sp³-hybridized carbons (Fsp3) is 0.615. The summed E-state index contributed by atoms with van der Waals surface area (Å²) < 4.78 is 0. The second kappa shape index (κ2) is 9.16. The second-order valence-corrected chi connectivity index (χ2v) is 4.07. The Morgan fingerprint density at radius 2 is 1.94 bits per heavy atom. The molecule has 0 aromatic heterocycles. The van der Waals surface area contributed by atoms with Crippen molar-refractivity contribution < 1.29 is 9.90 Å². The molecule has 0 aromatic carbocycles. The molecule has 0 amide bonds. The highest BCUT2D eigenvalue weighted by atomic mass is 16.4. The molecule has 3 nitrogen and oxygen atoms in total. The predicted molar refractivity (Wildman–Crippen MR) is 67.5 cm³/mol. The average molecular weight is 225 g/mol. The molecule has 0 radical (unpaired) electrons. The number of aliphatic carboxylic acids is 1. The highest BCUT2D eigenvalue weighted by molar-refractivity contribution is 5.72. The Morgan fingerprint density at radius 1 is 1.38 bits per heavy atom. The summed E-state index contributed by atoms with van der Waals surface area (Å²) in [6.45, 7) is 9.88. The Kier molecular flexibility index (Phi) is 8.53. The van der Waals surface area contributed by atoms with Gasteiger partial charge in [0.25, 0.3) is 0 Å². The van der Waals surface area contributed by atoms with Gasteiger partial charge in [-0.2, -0.15) is 0 Å². The van der Waals surface area contributed by atoms with Crippen LogP contribution in [0.3, 0.4) is 0 Å². The number of carboxylic acids is 1. The van der Waals surface area contributed by atoms with Gasteiger partial charge in [-0.3, -0.25) is 4.79 Å². The van der Waals surface area contributed by atoms with Crippen LogP contribution in [0.15, 0.2) is 25.3 Å². The molecule has 0 saturated heterocycles. The van der Waals surface area contributed by atoms with Crippen LogP contribution >= 0.6 is 0 Å². The summed E-state index contributed by atoms with van der Waals surface area (Å²) in [4.78, 5) is 10.5. The third kappa shape index (κ3) is 7.23. The Morgan fingerprint density at radius 3 is 2.38 bits per heavy atom. The Hall–Kier alpha value is -1.09. The van der Waals surface area contributed by atoms with E-state index in [1.807, 2.05) is 12.2 Å². The maximum Gasteiger partial charge on any atom is 0.320 e. The van der Waals surface area contributed by atoms with E-state index < -0.39 is 12.0 Å². The molecule has 1 atom stereocenters. The molecule has 92 valence electrons. The molecule has 16 heavy (non-hydrogen) atoms. The van der Waals surface area contributed by atoms with E-state index in [4.69, 9.17) is 5.11 Å². The summed E-state index contributed by atoms with van der Waals surface area (Å²) in [6.07, 6.45) is 7.94. The molecule has 0 heterocycles. The smallest absolute Gasteiger partial charge is 0.320 e. The fourth-order valence-corrected chi connectivity index (χ4v) is 1.60. The van der Waals surface area contributed by atoms with Crippen LogP contribution in [0, 0.1) is 5.92 Å². The number of nitrogens with one attached hydrogen (secondary N) is 1. The van der Waals surface area contributed by atoms with Crippen LogP contribution in [0.25, 0.3) is 0 Å². The van der Waals surface area contributed by atoms with E-state index in [1.165, 1.54) is 0 Å². The van der Waals surface area contributed by atoms with Crippen LogP contribution in [-0.4, -0.2) is 23.7 Å². The van der Waals surface area contributed by atoms with Crippen molar-refractivity contribution in [3.8, 4) is 0 Å². The largest absolute Gasteiger partial charge is 0.480 e. The van der Waals surface area contributed by atoms with Crippen LogP contribution in [0.1, 0.15) is 32.6 Å².